The Morgan fingerprint density at radius 2 is 2.24 bits per heavy atom. The van der Waals surface area contributed by atoms with Crippen molar-refractivity contribution in [2.75, 3.05) is 31.6 Å². The van der Waals surface area contributed by atoms with Crippen LogP contribution in [0.3, 0.4) is 0 Å². The maximum atomic E-state index is 15.0. The fourth-order valence-corrected chi connectivity index (χ4v) is 3.76. The molecule has 0 spiro atoms. The molecule has 4 rings (SSSR count). The molecule has 3 N–H and O–H groups in total. The van der Waals surface area contributed by atoms with E-state index in [2.05, 4.69) is 10.1 Å². The summed E-state index contributed by atoms with van der Waals surface area (Å²) in [5.74, 6) is -1.96. The normalized spacial score (nSPS) is 23.2. The predicted octanol–water partition coefficient (Wildman–Crippen LogP) is 1.36. The molecule has 0 amide bonds. The van der Waals surface area contributed by atoms with Crippen LogP contribution in [0.5, 0.6) is 0 Å². The van der Waals surface area contributed by atoms with Gasteiger partial charge >= 0.3 is 5.97 Å². The zero-order chi connectivity index (χ0) is 20.9. The summed E-state index contributed by atoms with van der Waals surface area (Å²) in [4.78, 5) is 35.1. The first kappa shape index (κ1) is 19.3. The van der Waals surface area contributed by atoms with Crippen molar-refractivity contribution in [1.82, 2.24) is 9.55 Å². The van der Waals surface area contributed by atoms with Gasteiger partial charge in [-0.05, 0) is 18.9 Å². The van der Waals surface area contributed by atoms with Crippen LogP contribution in [0.1, 0.15) is 36.2 Å². The van der Waals surface area contributed by atoms with Crippen LogP contribution in [0.2, 0.25) is 0 Å². The Bertz CT molecular complexity index is 1090. The van der Waals surface area contributed by atoms with Crippen LogP contribution in [0.25, 0.3) is 11.0 Å². The number of rotatable bonds is 5. The largest absolute Gasteiger partial charge is 0.477 e. The fourth-order valence-electron chi connectivity index (χ4n) is 3.76. The molecule has 29 heavy (non-hydrogen) atoms. The van der Waals surface area contributed by atoms with E-state index in [9.17, 15) is 19.1 Å². The van der Waals surface area contributed by atoms with Crippen LogP contribution >= 0.6 is 0 Å². The molecule has 1 atom stereocenters. The van der Waals surface area contributed by atoms with Gasteiger partial charge in [0, 0.05) is 30.7 Å². The van der Waals surface area contributed by atoms with E-state index in [0.29, 0.717) is 18.8 Å². The van der Waals surface area contributed by atoms with Crippen molar-refractivity contribution >= 4 is 28.5 Å². The molecule has 1 aliphatic heterocycles. The molecule has 0 bridgehead atoms. The fraction of sp³-hybridized carbons (Fsp3) is 0.474. The quantitative estimate of drug-likeness (QED) is 0.723. The highest BCUT2D eigenvalue weighted by Crippen LogP contribution is 2.38. The van der Waals surface area contributed by atoms with Crippen LogP contribution in [0, 0.1) is 11.2 Å². The van der Waals surface area contributed by atoms with Crippen LogP contribution < -0.4 is 16.1 Å². The van der Waals surface area contributed by atoms with Gasteiger partial charge in [-0.25, -0.2) is 14.2 Å². The first-order valence-corrected chi connectivity index (χ1v) is 9.33. The molecule has 3 heterocycles. The average Bonchev–Trinajstić information content (AvgIpc) is 3.47. The Kier molecular flexibility index (Phi) is 4.53. The zero-order valence-corrected chi connectivity index (χ0v) is 16.2. The van der Waals surface area contributed by atoms with Crippen molar-refractivity contribution < 1.29 is 19.1 Å². The summed E-state index contributed by atoms with van der Waals surface area (Å²) in [6.07, 6.45) is 3.02. The lowest BCUT2D eigenvalue weighted by molar-refractivity contribution is 0.0695. The van der Waals surface area contributed by atoms with Gasteiger partial charge in [-0.3, -0.25) is 4.79 Å². The molecule has 0 radical (unpaired) electrons. The summed E-state index contributed by atoms with van der Waals surface area (Å²) in [6, 6.07) is 1.14. The number of carboxylic acid groups (broad SMARTS) is 1. The minimum Gasteiger partial charge on any atom is -0.477 e. The summed E-state index contributed by atoms with van der Waals surface area (Å²) >= 11 is 0. The summed E-state index contributed by atoms with van der Waals surface area (Å²) < 4.78 is 16.7. The molecule has 1 aliphatic carbocycles. The molecule has 0 unspecified atom stereocenters. The van der Waals surface area contributed by atoms with Gasteiger partial charge in [-0.15, -0.1) is 0 Å². The zero-order valence-electron chi connectivity index (χ0n) is 16.2. The molecule has 1 saturated carbocycles. The number of oxime groups is 1. The first-order chi connectivity index (χ1) is 13.8. The van der Waals surface area contributed by atoms with Crippen molar-refractivity contribution in [1.29, 1.82) is 0 Å². The van der Waals surface area contributed by atoms with E-state index in [4.69, 9.17) is 10.6 Å². The number of anilines is 1. The molecule has 10 heteroatoms. The van der Waals surface area contributed by atoms with E-state index >= 15 is 0 Å². The Morgan fingerprint density at radius 3 is 2.83 bits per heavy atom. The number of carboxylic acids is 1. The number of nitrogens with zero attached hydrogens (tertiary/aromatic N) is 4. The second-order valence-electron chi connectivity index (χ2n) is 7.82. The van der Waals surface area contributed by atoms with Crippen LogP contribution in [-0.2, 0) is 4.84 Å². The van der Waals surface area contributed by atoms with Gasteiger partial charge in [-0.2, -0.15) is 0 Å². The molecule has 2 aromatic heterocycles. The van der Waals surface area contributed by atoms with E-state index in [0.717, 1.165) is 18.9 Å². The van der Waals surface area contributed by atoms with E-state index in [-0.39, 0.29) is 35.0 Å². The topological polar surface area (TPSA) is 123 Å². The number of carbonyl (C=O) groups is 1. The molecule has 9 nitrogen and oxygen atoms in total. The number of hydrogen-bond donors (Lipinski definition) is 2. The predicted molar refractivity (Wildman–Crippen MR) is 105 cm³/mol. The minimum absolute atomic E-state index is 0.0374. The highest BCUT2D eigenvalue weighted by Gasteiger charge is 2.41. The maximum Gasteiger partial charge on any atom is 0.341 e. The van der Waals surface area contributed by atoms with Crippen LogP contribution in [-0.4, -0.2) is 53.1 Å². The summed E-state index contributed by atoms with van der Waals surface area (Å²) in [5, 5.41) is 13.3. The maximum absolute atomic E-state index is 15.0. The Morgan fingerprint density at radius 1 is 1.52 bits per heavy atom. The molecule has 2 aliphatic rings. The summed E-state index contributed by atoms with van der Waals surface area (Å²) in [5.41, 5.74) is 5.26. The number of nitrogens with two attached hydrogens (primary N) is 1. The third-order valence-corrected chi connectivity index (χ3v) is 5.64. The Balaban J connectivity index is 1.87. The lowest BCUT2D eigenvalue weighted by atomic mass is 9.88. The number of hydrogen-bond acceptors (Lipinski definition) is 7. The van der Waals surface area contributed by atoms with Crippen molar-refractivity contribution in [3.05, 3.63) is 33.9 Å². The van der Waals surface area contributed by atoms with Gasteiger partial charge in [0.2, 0.25) is 5.43 Å². The highest BCUT2D eigenvalue weighted by atomic mass is 19.1. The molecule has 1 saturated heterocycles. The van der Waals surface area contributed by atoms with Crippen molar-refractivity contribution in [3.63, 3.8) is 0 Å². The second kappa shape index (κ2) is 6.80. The minimum atomic E-state index is -1.34. The van der Waals surface area contributed by atoms with Gasteiger partial charge in [0.15, 0.2) is 11.6 Å². The van der Waals surface area contributed by atoms with Crippen molar-refractivity contribution in [2.24, 2.45) is 16.3 Å². The van der Waals surface area contributed by atoms with Gasteiger partial charge in [0.05, 0.1) is 17.6 Å². The Hall–Kier alpha value is -3.01. The first-order valence-electron chi connectivity index (χ1n) is 9.33. The average molecular weight is 403 g/mol. The van der Waals surface area contributed by atoms with Gasteiger partial charge in [-0.1, -0.05) is 12.1 Å². The highest BCUT2D eigenvalue weighted by molar-refractivity contribution is 5.97. The molecule has 2 fully saturated rings. The SMILES string of the molecule is CO/N=C1/CN(c2nc3c(cc2F)c(=O)c(C(=O)O)cn3C2CC2)C[C@@]1(C)CN. The van der Waals surface area contributed by atoms with Crippen molar-refractivity contribution in [3.8, 4) is 0 Å². The number of pyridine rings is 2. The van der Waals surface area contributed by atoms with E-state index in [1.165, 1.54) is 13.3 Å². The van der Waals surface area contributed by atoms with E-state index in [1.807, 2.05) is 6.92 Å². The van der Waals surface area contributed by atoms with E-state index in [1.54, 1.807) is 9.47 Å². The third-order valence-electron chi connectivity index (χ3n) is 5.64. The monoisotopic (exact) mass is 403 g/mol. The van der Waals surface area contributed by atoms with Crippen LogP contribution in [0.4, 0.5) is 10.2 Å². The number of aromatic carboxylic acids is 1. The van der Waals surface area contributed by atoms with Gasteiger partial charge < -0.3 is 25.1 Å². The summed E-state index contributed by atoms with van der Waals surface area (Å²) in [6.45, 7) is 2.90. The molecule has 2 aromatic rings. The number of aromatic nitrogens is 2. The third kappa shape index (κ3) is 3.13. The summed E-state index contributed by atoms with van der Waals surface area (Å²) in [7, 11) is 1.44. The smallest absolute Gasteiger partial charge is 0.341 e. The van der Waals surface area contributed by atoms with Gasteiger partial charge in [0.1, 0.15) is 18.3 Å². The lowest BCUT2D eigenvalue weighted by Crippen LogP contribution is -2.36. The lowest BCUT2D eigenvalue weighted by Gasteiger charge is -2.23. The molecule has 154 valence electrons. The van der Waals surface area contributed by atoms with Crippen LogP contribution in [0.15, 0.2) is 22.2 Å². The molecular weight excluding hydrogens is 381 g/mol. The van der Waals surface area contributed by atoms with E-state index < -0.39 is 22.6 Å². The second-order valence-corrected chi connectivity index (χ2v) is 7.82. The Labute approximate surface area is 165 Å². The molecule has 0 aromatic carbocycles. The standard InChI is InChI=1S/C19H22FN5O4/c1-19(8-21)9-24(7-14(19)23-29-2)17-13(20)5-11-15(26)12(18(27)28)6-25(10-3-4-10)16(11)22-17/h5-6,10H,3-4,7-9,21H2,1-2H3,(H,27,28)/b23-14-/t19-/m1/s1. The van der Waals surface area contributed by atoms with Gasteiger partial charge in [0.25, 0.3) is 0 Å². The molecular formula is C19H22FN5O4. The van der Waals surface area contributed by atoms with Crippen molar-refractivity contribution in [2.45, 2.75) is 25.8 Å². The number of fused-ring (bicyclic) bond motifs is 1. The number of halogens is 1.